The third kappa shape index (κ3) is 5.71. The van der Waals surface area contributed by atoms with Crippen molar-refractivity contribution >= 4 is 11.9 Å². The fraction of sp³-hybridized carbons (Fsp3) is 0.636. The van der Waals surface area contributed by atoms with Crippen molar-refractivity contribution in [2.45, 2.75) is 58.1 Å². The first-order valence-electron chi connectivity index (χ1n) is 10.3. The van der Waals surface area contributed by atoms with Crippen molar-refractivity contribution in [3.63, 3.8) is 0 Å². The summed E-state index contributed by atoms with van der Waals surface area (Å²) < 4.78 is 16.4. The maximum Gasteiger partial charge on any atom is 0.338 e. The lowest BCUT2D eigenvalue weighted by molar-refractivity contribution is -0.125. The maximum absolute atomic E-state index is 12.2. The first kappa shape index (κ1) is 20.6. The highest BCUT2D eigenvalue weighted by Gasteiger charge is 2.28. The maximum atomic E-state index is 12.2. The van der Waals surface area contributed by atoms with Gasteiger partial charge in [0.25, 0.3) is 5.91 Å². The van der Waals surface area contributed by atoms with Gasteiger partial charge in [-0.3, -0.25) is 4.79 Å². The molecule has 2 aliphatic rings. The van der Waals surface area contributed by atoms with Crippen LogP contribution in [-0.4, -0.2) is 43.8 Å². The molecule has 6 nitrogen and oxygen atoms in total. The van der Waals surface area contributed by atoms with Crippen molar-refractivity contribution < 1.29 is 23.8 Å². The van der Waals surface area contributed by atoms with Crippen molar-refractivity contribution in [1.82, 2.24) is 5.32 Å². The summed E-state index contributed by atoms with van der Waals surface area (Å²) in [6, 6.07) is 6.93. The van der Waals surface area contributed by atoms with Gasteiger partial charge in [0.15, 0.2) is 6.61 Å². The number of rotatable bonds is 7. The fourth-order valence-electron chi connectivity index (χ4n) is 3.90. The molecule has 154 valence electrons. The lowest BCUT2D eigenvalue weighted by Gasteiger charge is -2.34. The Morgan fingerprint density at radius 3 is 2.61 bits per heavy atom. The van der Waals surface area contributed by atoms with Crippen LogP contribution in [0.15, 0.2) is 24.3 Å². The SMILES string of the molecule is C[C@@H]1[C@@H](C)CCC[C@H]1NC(=O)COC(=O)c1ccc(OC[C@@H]2CCCO2)cc1. The average Bonchev–Trinajstić information content (AvgIpc) is 3.22. The summed E-state index contributed by atoms with van der Waals surface area (Å²) in [5.74, 6) is 0.977. The van der Waals surface area contributed by atoms with Crippen LogP contribution < -0.4 is 10.1 Å². The smallest absolute Gasteiger partial charge is 0.338 e. The van der Waals surface area contributed by atoms with E-state index in [1.165, 1.54) is 6.42 Å². The quantitative estimate of drug-likeness (QED) is 0.724. The van der Waals surface area contributed by atoms with Gasteiger partial charge in [0, 0.05) is 12.6 Å². The van der Waals surface area contributed by atoms with Crippen LogP contribution in [0.3, 0.4) is 0 Å². The second-order valence-electron chi connectivity index (χ2n) is 7.99. The largest absolute Gasteiger partial charge is 0.491 e. The van der Waals surface area contributed by atoms with Crippen molar-refractivity contribution in [2.24, 2.45) is 11.8 Å². The van der Waals surface area contributed by atoms with E-state index in [0.29, 0.717) is 29.8 Å². The van der Waals surface area contributed by atoms with Gasteiger partial charge in [-0.25, -0.2) is 4.79 Å². The van der Waals surface area contributed by atoms with Gasteiger partial charge in [0.2, 0.25) is 0 Å². The van der Waals surface area contributed by atoms with E-state index in [-0.39, 0.29) is 24.7 Å². The molecule has 1 N–H and O–H groups in total. The zero-order valence-electron chi connectivity index (χ0n) is 16.8. The molecule has 0 unspecified atom stereocenters. The molecule has 0 aromatic heterocycles. The van der Waals surface area contributed by atoms with Crippen molar-refractivity contribution in [2.75, 3.05) is 19.8 Å². The number of benzene rings is 1. The van der Waals surface area contributed by atoms with Crippen LogP contribution >= 0.6 is 0 Å². The highest BCUT2D eigenvalue weighted by Crippen LogP contribution is 2.29. The van der Waals surface area contributed by atoms with Gasteiger partial charge in [-0.05, 0) is 55.4 Å². The number of esters is 1. The number of carbonyl (C=O) groups is 2. The Morgan fingerprint density at radius 1 is 1.11 bits per heavy atom. The van der Waals surface area contributed by atoms with Crippen LogP contribution in [0.2, 0.25) is 0 Å². The molecule has 6 heteroatoms. The van der Waals surface area contributed by atoms with E-state index >= 15 is 0 Å². The van der Waals surface area contributed by atoms with Crippen LogP contribution in [-0.2, 0) is 14.3 Å². The monoisotopic (exact) mass is 389 g/mol. The number of carbonyl (C=O) groups excluding carboxylic acids is 2. The zero-order chi connectivity index (χ0) is 19.9. The van der Waals surface area contributed by atoms with Crippen LogP contribution in [0.1, 0.15) is 56.3 Å². The molecule has 1 aromatic rings. The molecule has 1 saturated carbocycles. The predicted octanol–water partition coefficient (Wildman–Crippen LogP) is 3.34. The zero-order valence-corrected chi connectivity index (χ0v) is 16.8. The second kappa shape index (κ2) is 9.92. The predicted molar refractivity (Wildman–Crippen MR) is 105 cm³/mol. The van der Waals surface area contributed by atoms with Gasteiger partial charge in [0.1, 0.15) is 12.4 Å². The molecule has 2 fully saturated rings. The summed E-state index contributed by atoms with van der Waals surface area (Å²) >= 11 is 0. The molecule has 0 radical (unpaired) electrons. The van der Waals surface area contributed by atoms with E-state index in [4.69, 9.17) is 14.2 Å². The molecule has 3 rings (SSSR count). The highest BCUT2D eigenvalue weighted by atomic mass is 16.5. The number of nitrogens with one attached hydrogen (secondary N) is 1. The molecule has 4 atom stereocenters. The first-order valence-corrected chi connectivity index (χ1v) is 10.3. The Bertz CT molecular complexity index is 653. The second-order valence-corrected chi connectivity index (χ2v) is 7.99. The summed E-state index contributed by atoms with van der Waals surface area (Å²) in [7, 11) is 0. The molecular weight excluding hydrogens is 358 g/mol. The van der Waals surface area contributed by atoms with Crippen molar-refractivity contribution in [3.05, 3.63) is 29.8 Å². The molecule has 1 amide bonds. The van der Waals surface area contributed by atoms with Crippen molar-refractivity contribution in [1.29, 1.82) is 0 Å². The van der Waals surface area contributed by atoms with Gasteiger partial charge >= 0.3 is 5.97 Å². The number of hydrogen-bond donors (Lipinski definition) is 1. The Kier molecular flexibility index (Phi) is 7.31. The summed E-state index contributed by atoms with van der Waals surface area (Å²) in [4.78, 5) is 24.3. The van der Waals surface area contributed by atoms with Gasteiger partial charge in [-0.2, -0.15) is 0 Å². The van der Waals surface area contributed by atoms with Gasteiger partial charge in [-0.15, -0.1) is 0 Å². The van der Waals surface area contributed by atoms with E-state index in [9.17, 15) is 9.59 Å². The summed E-state index contributed by atoms with van der Waals surface area (Å²) in [5.41, 5.74) is 0.400. The highest BCUT2D eigenvalue weighted by molar-refractivity contribution is 5.91. The Hall–Kier alpha value is -2.08. The average molecular weight is 389 g/mol. The first-order chi connectivity index (χ1) is 13.5. The number of amides is 1. The van der Waals surface area contributed by atoms with Gasteiger partial charge in [-0.1, -0.05) is 26.7 Å². The van der Waals surface area contributed by atoms with E-state index in [0.717, 1.165) is 32.3 Å². The molecule has 0 bridgehead atoms. The normalized spacial score (nSPS) is 27.2. The molecule has 0 spiro atoms. The molecule has 1 saturated heterocycles. The van der Waals surface area contributed by atoms with E-state index in [1.807, 2.05) is 0 Å². The Labute approximate surface area is 166 Å². The molecular formula is C22H31NO5. The van der Waals surface area contributed by atoms with E-state index in [2.05, 4.69) is 19.2 Å². The number of hydrogen-bond acceptors (Lipinski definition) is 5. The van der Waals surface area contributed by atoms with Crippen LogP contribution in [0.4, 0.5) is 0 Å². The van der Waals surface area contributed by atoms with E-state index in [1.54, 1.807) is 24.3 Å². The Morgan fingerprint density at radius 2 is 1.89 bits per heavy atom. The minimum Gasteiger partial charge on any atom is -0.491 e. The van der Waals surface area contributed by atoms with Gasteiger partial charge in [0.05, 0.1) is 11.7 Å². The fourth-order valence-corrected chi connectivity index (χ4v) is 3.90. The van der Waals surface area contributed by atoms with Crippen LogP contribution in [0.25, 0.3) is 0 Å². The summed E-state index contributed by atoms with van der Waals surface area (Å²) in [6.45, 7) is 5.45. The number of ether oxygens (including phenoxy) is 3. The minimum absolute atomic E-state index is 0.151. The van der Waals surface area contributed by atoms with Gasteiger partial charge < -0.3 is 19.5 Å². The third-order valence-electron chi connectivity index (χ3n) is 5.94. The van der Waals surface area contributed by atoms with Crippen LogP contribution in [0.5, 0.6) is 5.75 Å². The molecule has 28 heavy (non-hydrogen) atoms. The Balaban J connectivity index is 1.40. The topological polar surface area (TPSA) is 73.9 Å². The molecule has 1 aromatic carbocycles. The standard InChI is InChI=1S/C22H31NO5/c1-15-5-3-7-20(16(15)2)23-21(24)14-28-22(25)17-8-10-18(11-9-17)27-13-19-6-4-12-26-19/h8-11,15-16,19-20H,3-7,12-14H2,1-2H3,(H,23,24)/t15-,16+,19-,20+/m0/s1. The minimum atomic E-state index is -0.508. The van der Waals surface area contributed by atoms with E-state index < -0.39 is 5.97 Å². The van der Waals surface area contributed by atoms with Crippen LogP contribution in [0, 0.1) is 11.8 Å². The summed E-state index contributed by atoms with van der Waals surface area (Å²) in [6.07, 6.45) is 5.56. The lowest BCUT2D eigenvalue weighted by atomic mass is 9.78. The summed E-state index contributed by atoms with van der Waals surface area (Å²) in [5, 5.41) is 3.01. The third-order valence-corrected chi connectivity index (χ3v) is 5.94. The lowest BCUT2D eigenvalue weighted by Crippen LogP contribution is -2.45. The molecule has 1 aliphatic carbocycles. The van der Waals surface area contributed by atoms with Crippen molar-refractivity contribution in [3.8, 4) is 5.75 Å². The molecule has 1 heterocycles. The molecule has 1 aliphatic heterocycles.